The Morgan fingerprint density at radius 3 is 2.48 bits per heavy atom. The second-order valence-electron chi connectivity index (χ2n) is 4.44. The Kier molecular flexibility index (Phi) is 6.97. The van der Waals surface area contributed by atoms with Crippen LogP contribution in [0.5, 0.6) is 0 Å². The van der Waals surface area contributed by atoms with Gasteiger partial charge in [0.15, 0.2) is 0 Å². The lowest BCUT2D eigenvalue weighted by atomic mass is 10.3. The van der Waals surface area contributed by atoms with Crippen molar-refractivity contribution in [3.05, 3.63) is 42.5 Å². The van der Waals surface area contributed by atoms with Gasteiger partial charge in [-0.15, -0.1) is 0 Å². The van der Waals surface area contributed by atoms with Crippen molar-refractivity contribution in [3.8, 4) is 0 Å². The van der Waals surface area contributed by atoms with Gasteiger partial charge in [0, 0.05) is 11.3 Å². The summed E-state index contributed by atoms with van der Waals surface area (Å²) in [7, 11) is 0. The third-order valence-corrected chi connectivity index (χ3v) is 2.40. The number of para-hydroxylation sites is 1. The average Bonchev–Trinajstić information content (AvgIpc) is 2.49. The van der Waals surface area contributed by atoms with Crippen molar-refractivity contribution in [1.82, 2.24) is 0 Å². The Morgan fingerprint density at radius 2 is 1.86 bits per heavy atom. The van der Waals surface area contributed by atoms with Crippen molar-refractivity contribution in [2.75, 3.05) is 25.1 Å². The summed E-state index contributed by atoms with van der Waals surface area (Å²) in [6.07, 6.45) is -1.06. The van der Waals surface area contributed by atoms with Gasteiger partial charge in [0.25, 0.3) is 0 Å². The molecule has 0 radical (unpaired) electrons. The molecule has 6 heteroatoms. The van der Waals surface area contributed by atoms with Crippen LogP contribution in [-0.4, -0.2) is 42.9 Å². The smallest absolute Gasteiger partial charge is 0.333 e. The topological polar surface area (TPSA) is 84.9 Å². The highest BCUT2D eigenvalue weighted by atomic mass is 16.6. The highest BCUT2D eigenvalue weighted by Gasteiger charge is 2.12. The predicted molar refractivity (Wildman–Crippen MR) is 77.7 cm³/mol. The number of anilines is 1. The van der Waals surface area contributed by atoms with E-state index < -0.39 is 18.0 Å². The van der Waals surface area contributed by atoms with Gasteiger partial charge in [-0.2, -0.15) is 0 Å². The maximum Gasteiger partial charge on any atom is 0.333 e. The summed E-state index contributed by atoms with van der Waals surface area (Å²) in [5, 5.41) is 12.4. The first-order valence-electron chi connectivity index (χ1n) is 6.44. The number of rotatable bonds is 8. The van der Waals surface area contributed by atoms with Crippen LogP contribution in [0.2, 0.25) is 0 Å². The third-order valence-electron chi connectivity index (χ3n) is 2.40. The molecule has 0 saturated carbocycles. The Labute approximate surface area is 123 Å². The zero-order chi connectivity index (χ0) is 15.7. The van der Waals surface area contributed by atoms with Gasteiger partial charge in [0.05, 0.1) is 0 Å². The lowest BCUT2D eigenvalue weighted by Gasteiger charge is -2.12. The van der Waals surface area contributed by atoms with E-state index in [2.05, 4.69) is 11.9 Å². The van der Waals surface area contributed by atoms with Crippen LogP contribution >= 0.6 is 0 Å². The molecule has 0 heterocycles. The first-order chi connectivity index (χ1) is 9.99. The van der Waals surface area contributed by atoms with Crippen LogP contribution in [0.15, 0.2) is 42.5 Å². The number of carbonyl (C=O) groups is 2. The van der Waals surface area contributed by atoms with Gasteiger partial charge in [-0.1, -0.05) is 24.8 Å². The number of hydrogen-bond acceptors (Lipinski definition) is 6. The van der Waals surface area contributed by atoms with E-state index in [1.807, 2.05) is 30.3 Å². The molecule has 0 bridgehead atoms. The molecule has 0 aliphatic heterocycles. The molecule has 6 nitrogen and oxygen atoms in total. The SMILES string of the molecule is C=C(C)C(=O)OCC(O)COC(=O)CNc1ccccc1. The first-order valence-corrected chi connectivity index (χ1v) is 6.44. The summed E-state index contributed by atoms with van der Waals surface area (Å²) >= 11 is 0. The molecule has 0 aliphatic rings. The molecular formula is C15H19NO5. The lowest BCUT2D eigenvalue weighted by molar-refractivity contribution is -0.148. The molecule has 1 atom stereocenters. The van der Waals surface area contributed by atoms with Crippen molar-refractivity contribution in [2.24, 2.45) is 0 Å². The standard InChI is InChI=1S/C15H19NO5/c1-11(2)15(19)21-10-13(17)9-20-14(18)8-16-12-6-4-3-5-7-12/h3-7,13,16-17H,1,8-10H2,2H3. The van der Waals surface area contributed by atoms with Crippen molar-refractivity contribution >= 4 is 17.6 Å². The molecule has 0 fully saturated rings. The van der Waals surface area contributed by atoms with Gasteiger partial charge < -0.3 is 19.9 Å². The van der Waals surface area contributed by atoms with E-state index in [9.17, 15) is 14.7 Å². The van der Waals surface area contributed by atoms with Gasteiger partial charge in [-0.05, 0) is 19.1 Å². The quantitative estimate of drug-likeness (QED) is 0.552. The second kappa shape index (κ2) is 8.76. The molecule has 21 heavy (non-hydrogen) atoms. The number of benzene rings is 1. The second-order valence-corrected chi connectivity index (χ2v) is 4.44. The summed E-state index contributed by atoms with van der Waals surface area (Å²) in [6, 6.07) is 9.19. The van der Waals surface area contributed by atoms with Crippen LogP contribution in [0.1, 0.15) is 6.92 Å². The zero-order valence-corrected chi connectivity index (χ0v) is 11.9. The van der Waals surface area contributed by atoms with Crippen LogP contribution in [0.3, 0.4) is 0 Å². The van der Waals surface area contributed by atoms with Crippen LogP contribution in [0, 0.1) is 0 Å². The van der Waals surface area contributed by atoms with Crippen molar-refractivity contribution in [1.29, 1.82) is 0 Å². The van der Waals surface area contributed by atoms with Crippen LogP contribution in [0.4, 0.5) is 5.69 Å². The summed E-state index contributed by atoms with van der Waals surface area (Å²) in [5.41, 5.74) is 1.04. The van der Waals surface area contributed by atoms with E-state index in [4.69, 9.17) is 9.47 Å². The summed E-state index contributed by atoms with van der Waals surface area (Å²) in [6.45, 7) is 4.42. The fourth-order valence-corrected chi connectivity index (χ4v) is 1.31. The average molecular weight is 293 g/mol. The monoisotopic (exact) mass is 293 g/mol. The molecule has 0 saturated heterocycles. The Hall–Kier alpha value is -2.34. The van der Waals surface area contributed by atoms with Crippen molar-refractivity contribution in [2.45, 2.75) is 13.0 Å². The van der Waals surface area contributed by atoms with Gasteiger partial charge in [-0.3, -0.25) is 4.79 Å². The Bertz CT molecular complexity index is 486. The van der Waals surface area contributed by atoms with Crippen LogP contribution in [-0.2, 0) is 19.1 Å². The van der Waals surface area contributed by atoms with Gasteiger partial charge in [0.1, 0.15) is 25.9 Å². The molecule has 1 aromatic rings. The Balaban J connectivity index is 2.17. The zero-order valence-electron chi connectivity index (χ0n) is 11.9. The van der Waals surface area contributed by atoms with Crippen LogP contribution < -0.4 is 5.32 Å². The van der Waals surface area contributed by atoms with E-state index in [1.54, 1.807) is 0 Å². The van der Waals surface area contributed by atoms with E-state index in [0.717, 1.165) is 5.69 Å². The molecule has 2 N–H and O–H groups in total. The highest BCUT2D eigenvalue weighted by Crippen LogP contribution is 2.04. The summed E-state index contributed by atoms with van der Waals surface area (Å²) < 4.78 is 9.58. The van der Waals surface area contributed by atoms with Gasteiger partial charge in [0.2, 0.25) is 0 Å². The summed E-state index contributed by atoms with van der Waals surface area (Å²) in [4.78, 5) is 22.5. The van der Waals surface area contributed by atoms with Crippen molar-refractivity contribution < 1.29 is 24.2 Å². The molecule has 114 valence electrons. The highest BCUT2D eigenvalue weighted by molar-refractivity contribution is 5.86. The van der Waals surface area contributed by atoms with Gasteiger partial charge in [-0.25, -0.2) is 4.79 Å². The van der Waals surface area contributed by atoms with Crippen LogP contribution in [0.25, 0.3) is 0 Å². The number of aliphatic hydroxyl groups excluding tert-OH is 1. The molecular weight excluding hydrogens is 274 g/mol. The minimum absolute atomic E-state index is 0.0116. The minimum Gasteiger partial charge on any atom is -0.461 e. The number of ether oxygens (including phenoxy) is 2. The fraction of sp³-hybridized carbons (Fsp3) is 0.333. The van der Waals surface area contributed by atoms with E-state index >= 15 is 0 Å². The molecule has 0 amide bonds. The van der Waals surface area contributed by atoms with Crippen molar-refractivity contribution in [3.63, 3.8) is 0 Å². The lowest BCUT2D eigenvalue weighted by Crippen LogP contribution is -2.27. The fourth-order valence-electron chi connectivity index (χ4n) is 1.31. The first kappa shape index (κ1) is 16.7. The third kappa shape index (κ3) is 7.12. The molecule has 1 aromatic carbocycles. The number of esters is 2. The summed E-state index contributed by atoms with van der Waals surface area (Å²) in [5.74, 6) is -1.10. The number of hydrogen-bond donors (Lipinski definition) is 2. The van der Waals surface area contributed by atoms with E-state index in [-0.39, 0.29) is 25.3 Å². The molecule has 1 unspecified atom stereocenters. The number of aliphatic hydroxyl groups is 1. The molecule has 0 spiro atoms. The maximum absolute atomic E-state index is 11.4. The normalized spacial score (nSPS) is 11.3. The Morgan fingerprint density at radius 1 is 1.24 bits per heavy atom. The minimum atomic E-state index is -1.06. The maximum atomic E-state index is 11.4. The van der Waals surface area contributed by atoms with Gasteiger partial charge >= 0.3 is 11.9 Å². The van der Waals surface area contributed by atoms with E-state index in [0.29, 0.717) is 0 Å². The molecule has 0 aliphatic carbocycles. The predicted octanol–water partition coefficient (Wildman–Crippen LogP) is 1.12. The largest absolute Gasteiger partial charge is 0.461 e. The number of nitrogens with one attached hydrogen (secondary N) is 1. The number of carbonyl (C=O) groups excluding carboxylic acids is 2. The molecule has 1 rings (SSSR count). The van der Waals surface area contributed by atoms with E-state index in [1.165, 1.54) is 6.92 Å². The molecule has 0 aromatic heterocycles.